The predicted octanol–water partition coefficient (Wildman–Crippen LogP) is 3.31. The lowest BCUT2D eigenvalue weighted by atomic mass is 10.0. The van der Waals surface area contributed by atoms with Crippen LogP contribution >= 0.6 is 11.3 Å². The Morgan fingerprint density at radius 2 is 2.27 bits per heavy atom. The first-order chi connectivity index (χ1) is 7.18. The lowest BCUT2D eigenvalue weighted by molar-refractivity contribution is 0.569. The first-order valence-corrected chi connectivity index (χ1v) is 5.90. The highest BCUT2D eigenvalue weighted by Crippen LogP contribution is 2.31. The Balaban J connectivity index is 2.32. The Morgan fingerprint density at radius 1 is 1.47 bits per heavy atom. The van der Waals surface area contributed by atoms with E-state index in [4.69, 9.17) is 4.42 Å². The molecule has 4 heteroatoms. The van der Waals surface area contributed by atoms with E-state index in [-0.39, 0.29) is 0 Å². The summed E-state index contributed by atoms with van der Waals surface area (Å²) in [5.41, 5.74) is 2.67. The van der Waals surface area contributed by atoms with Crippen LogP contribution in [-0.2, 0) is 6.42 Å². The smallest absolute Gasteiger partial charge is 0.257 e. The average Bonchev–Trinajstić information content (AvgIpc) is 2.76. The summed E-state index contributed by atoms with van der Waals surface area (Å²) in [5.74, 6) is 1.31. The van der Waals surface area contributed by atoms with Crippen LogP contribution in [0.4, 0.5) is 0 Å². The molecule has 0 radical (unpaired) electrons. The molecular weight excluding hydrogens is 208 g/mol. The van der Waals surface area contributed by atoms with Crippen LogP contribution in [0.1, 0.15) is 25.0 Å². The van der Waals surface area contributed by atoms with Gasteiger partial charge < -0.3 is 4.42 Å². The molecule has 0 amide bonds. The normalized spacial score (nSPS) is 11.2. The number of hydrogen-bond donors (Lipinski definition) is 0. The average molecular weight is 222 g/mol. The van der Waals surface area contributed by atoms with Gasteiger partial charge in [0.15, 0.2) is 0 Å². The monoisotopic (exact) mass is 222 g/mol. The maximum absolute atomic E-state index is 5.21. The summed E-state index contributed by atoms with van der Waals surface area (Å²) in [6.45, 7) is 6.57. The summed E-state index contributed by atoms with van der Waals surface area (Å²) in [6.07, 6.45) is 2.48. The summed E-state index contributed by atoms with van der Waals surface area (Å²) in [6, 6.07) is 0. The van der Waals surface area contributed by atoms with Gasteiger partial charge in [-0.15, -0.1) is 21.5 Å². The molecule has 0 aliphatic rings. The third-order valence-corrected chi connectivity index (χ3v) is 3.44. The Hall–Kier alpha value is -1.16. The van der Waals surface area contributed by atoms with Gasteiger partial charge in [-0.3, -0.25) is 0 Å². The van der Waals surface area contributed by atoms with E-state index in [1.807, 2.05) is 0 Å². The molecule has 2 rings (SSSR count). The minimum absolute atomic E-state index is 0.632. The van der Waals surface area contributed by atoms with Crippen LogP contribution in [0, 0.1) is 12.8 Å². The van der Waals surface area contributed by atoms with E-state index in [9.17, 15) is 0 Å². The fourth-order valence-corrected chi connectivity index (χ4v) is 2.61. The predicted molar refractivity (Wildman–Crippen MR) is 60.9 cm³/mol. The lowest BCUT2D eigenvalue weighted by Gasteiger charge is -2.03. The molecule has 2 aromatic heterocycles. The number of aromatic nitrogens is 2. The van der Waals surface area contributed by atoms with Gasteiger partial charge in [0.2, 0.25) is 6.39 Å². The lowest BCUT2D eigenvalue weighted by Crippen LogP contribution is -1.94. The fraction of sp³-hybridized carbons (Fsp3) is 0.455. The van der Waals surface area contributed by atoms with E-state index >= 15 is 0 Å². The molecule has 0 unspecified atom stereocenters. The highest BCUT2D eigenvalue weighted by Gasteiger charge is 2.13. The molecule has 3 nitrogen and oxygen atoms in total. The zero-order valence-corrected chi connectivity index (χ0v) is 9.97. The molecule has 0 fully saturated rings. The molecule has 0 aliphatic carbocycles. The van der Waals surface area contributed by atoms with Gasteiger partial charge in [0.05, 0.1) is 4.88 Å². The molecule has 0 spiro atoms. The molecule has 0 saturated carbocycles. The molecule has 0 saturated heterocycles. The quantitative estimate of drug-likeness (QED) is 0.799. The van der Waals surface area contributed by atoms with Gasteiger partial charge in [-0.2, -0.15) is 0 Å². The van der Waals surface area contributed by atoms with E-state index in [0.717, 1.165) is 11.3 Å². The van der Waals surface area contributed by atoms with Gasteiger partial charge in [-0.1, -0.05) is 13.8 Å². The molecule has 0 N–H and O–H groups in total. The molecule has 0 aromatic carbocycles. The van der Waals surface area contributed by atoms with Gasteiger partial charge in [-0.05, 0) is 35.8 Å². The maximum Gasteiger partial charge on any atom is 0.257 e. The first-order valence-electron chi connectivity index (χ1n) is 5.02. The highest BCUT2D eigenvalue weighted by molar-refractivity contribution is 7.13. The van der Waals surface area contributed by atoms with Crippen molar-refractivity contribution in [2.45, 2.75) is 27.2 Å². The molecule has 0 aliphatic heterocycles. The van der Waals surface area contributed by atoms with Gasteiger partial charge >= 0.3 is 0 Å². The zero-order chi connectivity index (χ0) is 10.8. The van der Waals surface area contributed by atoms with Crippen LogP contribution < -0.4 is 0 Å². The Bertz CT molecular complexity index is 431. The second-order valence-electron chi connectivity index (χ2n) is 4.06. The second-order valence-corrected chi connectivity index (χ2v) is 4.94. The number of hydrogen-bond acceptors (Lipinski definition) is 4. The Labute approximate surface area is 93.2 Å². The molecule has 0 atom stereocenters. The molecule has 2 aromatic rings. The van der Waals surface area contributed by atoms with Crippen LogP contribution in [0.5, 0.6) is 0 Å². The SMILES string of the molecule is Cc1c(CC(C)C)csc1-c1nnco1. The van der Waals surface area contributed by atoms with Crippen molar-refractivity contribution in [2.75, 3.05) is 0 Å². The van der Waals surface area contributed by atoms with Gasteiger partial charge in [0.25, 0.3) is 5.89 Å². The van der Waals surface area contributed by atoms with E-state index in [0.29, 0.717) is 11.8 Å². The summed E-state index contributed by atoms with van der Waals surface area (Å²) in [4.78, 5) is 1.10. The summed E-state index contributed by atoms with van der Waals surface area (Å²) < 4.78 is 5.21. The molecular formula is C11H14N2OS. The summed E-state index contributed by atoms with van der Waals surface area (Å²) in [5, 5.41) is 9.82. The van der Waals surface area contributed by atoms with Crippen LogP contribution in [-0.4, -0.2) is 10.2 Å². The number of thiophene rings is 1. The van der Waals surface area contributed by atoms with Crippen LogP contribution in [0.2, 0.25) is 0 Å². The number of nitrogens with zero attached hydrogens (tertiary/aromatic N) is 2. The summed E-state index contributed by atoms with van der Waals surface area (Å²) >= 11 is 1.68. The van der Waals surface area contributed by atoms with E-state index < -0.39 is 0 Å². The van der Waals surface area contributed by atoms with Crippen LogP contribution in [0.3, 0.4) is 0 Å². The summed E-state index contributed by atoms with van der Waals surface area (Å²) in [7, 11) is 0. The van der Waals surface area contributed by atoms with Crippen LogP contribution in [0.25, 0.3) is 10.8 Å². The van der Waals surface area contributed by atoms with E-state index in [1.165, 1.54) is 17.5 Å². The van der Waals surface area contributed by atoms with Crippen LogP contribution in [0.15, 0.2) is 16.2 Å². The molecule has 15 heavy (non-hydrogen) atoms. The zero-order valence-electron chi connectivity index (χ0n) is 9.15. The van der Waals surface area contributed by atoms with Crippen molar-refractivity contribution in [1.82, 2.24) is 10.2 Å². The van der Waals surface area contributed by atoms with E-state index in [1.54, 1.807) is 11.3 Å². The highest BCUT2D eigenvalue weighted by atomic mass is 32.1. The number of rotatable bonds is 3. The van der Waals surface area contributed by atoms with Gasteiger partial charge in [0, 0.05) is 0 Å². The topological polar surface area (TPSA) is 38.9 Å². The molecule has 2 heterocycles. The fourth-order valence-electron chi connectivity index (χ4n) is 1.58. The maximum atomic E-state index is 5.21. The van der Waals surface area contributed by atoms with Crippen molar-refractivity contribution in [2.24, 2.45) is 5.92 Å². The minimum Gasteiger partial charge on any atom is -0.423 e. The molecule has 0 bridgehead atoms. The van der Waals surface area contributed by atoms with Gasteiger partial charge in [0.1, 0.15) is 0 Å². The van der Waals surface area contributed by atoms with Gasteiger partial charge in [-0.25, -0.2) is 0 Å². The second kappa shape index (κ2) is 4.14. The largest absolute Gasteiger partial charge is 0.423 e. The molecule has 80 valence electrons. The minimum atomic E-state index is 0.632. The standard InChI is InChI=1S/C11H14N2OS/c1-7(2)4-9-5-15-10(8(9)3)11-13-12-6-14-11/h5-7H,4H2,1-3H3. The Morgan fingerprint density at radius 3 is 2.87 bits per heavy atom. The van der Waals surface area contributed by atoms with Crippen molar-refractivity contribution in [3.8, 4) is 10.8 Å². The Kier molecular flexibility index (Phi) is 2.86. The van der Waals surface area contributed by atoms with E-state index in [2.05, 4.69) is 36.3 Å². The van der Waals surface area contributed by atoms with Crippen molar-refractivity contribution in [1.29, 1.82) is 0 Å². The first kappa shape index (κ1) is 10.4. The van der Waals surface area contributed by atoms with Crippen molar-refractivity contribution in [3.63, 3.8) is 0 Å². The van der Waals surface area contributed by atoms with Crippen molar-refractivity contribution in [3.05, 3.63) is 22.9 Å². The van der Waals surface area contributed by atoms with Crippen molar-refractivity contribution >= 4 is 11.3 Å². The van der Waals surface area contributed by atoms with Crippen molar-refractivity contribution < 1.29 is 4.42 Å². The third-order valence-electron chi connectivity index (χ3n) is 2.32. The third kappa shape index (κ3) is 2.09.